The largest absolute Gasteiger partial charge is 0.0894 e. The number of hydrogen-bond acceptors (Lipinski definition) is 1. The number of thiocarbonyl (C=S) groups is 1. The average Bonchev–Trinajstić information content (AvgIpc) is 2.79. The highest BCUT2D eigenvalue weighted by molar-refractivity contribution is 7.80. The van der Waals surface area contributed by atoms with E-state index in [1.54, 1.807) is 0 Å². The second-order valence-electron chi connectivity index (χ2n) is 3.55. The van der Waals surface area contributed by atoms with Gasteiger partial charge in [-0.1, -0.05) is 38.4 Å². The summed E-state index contributed by atoms with van der Waals surface area (Å²) in [5.74, 6) is 0.853. The highest BCUT2D eigenvalue weighted by Crippen LogP contribution is 2.32. The van der Waals surface area contributed by atoms with Crippen molar-refractivity contribution in [3.8, 4) is 0 Å². The lowest BCUT2D eigenvalue weighted by molar-refractivity contribution is 0.681. The van der Waals surface area contributed by atoms with Crippen molar-refractivity contribution >= 4 is 17.1 Å². The van der Waals surface area contributed by atoms with Crippen molar-refractivity contribution in [1.29, 1.82) is 0 Å². The third-order valence-corrected chi connectivity index (χ3v) is 2.85. The summed E-state index contributed by atoms with van der Waals surface area (Å²) in [6.07, 6.45) is 9.41. The van der Waals surface area contributed by atoms with Gasteiger partial charge in [0.2, 0.25) is 0 Å². The first-order chi connectivity index (χ1) is 5.34. The molecular formula is C10H18S. The molecule has 0 bridgehead atoms. The second-order valence-corrected chi connectivity index (χ2v) is 4.08. The Hall–Kier alpha value is 0.0900. The predicted molar refractivity (Wildman–Crippen MR) is 54.1 cm³/mol. The molecule has 1 aliphatic rings. The van der Waals surface area contributed by atoms with Crippen molar-refractivity contribution in [2.75, 3.05) is 0 Å². The minimum absolute atomic E-state index is 0.853. The van der Waals surface area contributed by atoms with Crippen LogP contribution in [0.25, 0.3) is 0 Å². The fourth-order valence-electron chi connectivity index (χ4n) is 1.34. The van der Waals surface area contributed by atoms with E-state index in [9.17, 15) is 0 Å². The first-order valence-electron chi connectivity index (χ1n) is 4.87. The van der Waals surface area contributed by atoms with Gasteiger partial charge in [0.15, 0.2) is 0 Å². The third-order valence-electron chi connectivity index (χ3n) is 2.31. The van der Waals surface area contributed by atoms with Gasteiger partial charge in [-0.25, -0.2) is 0 Å². The summed E-state index contributed by atoms with van der Waals surface area (Å²) >= 11 is 5.29. The number of unbranched alkanes of at least 4 members (excludes halogenated alkanes) is 3. The van der Waals surface area contributed by atoms with Crippen LogP contribution in [0, 0.1) is 5.92 Å². The minimum atomic E-state index is 0.853. The van der Waals surface area contributed by atoms with E-state index >= 15 is 0 Å². The summed E-state index contributed by atoms with van der Waals surface area (Å²) < 4.78 is 0. The van der Waals surface area contributed by atoms with Crippen LogP contribution in [0.5, 0.6) is 0 Å². The molecule has 64 valence electrons. The number of hydrogen-bond donors (Lipinski definition) is 0. The smallest absolute Gasteiger partial charge is 0.00406 e. The molecule has 0 radical (unpaired) electrons. The maximum absolute atomic E-state index is 5.29. The van der Waals surface area contributed by atoms with E-state index in [0.29, 0.717) is 0 Å². The zero-order valence-electron chi connectivity index (χ0n) is 7.44. The highest BCUT2D eigenvalue weighted by atomic mass is 32.1. The van der Waals surface area contributed by atoms with Crippen LogP contribution in [0.2, 0.25) is 0 Å². The van der Waals surface area contributed by atoms with E-state index in [0.717, 1.165) is 5.92 Å². The van der Waals surface area contributed by atoms with E-state index in [2.05, 4.69) is 6.92 Å². The van der Waals surface area contributed by atoms with Crippen molar-refractivity contribution in [2.24, 2.45) is 5.92 Å². The van der Waals surface area contributed by atoms with Gasteiger partial charge in [-0.2, -0.15) is 0 Å². The van der Waals surface area contributed by atoms with E-state index < -0.39 is 0 Å². The van der Waals surface area contributed by atoms with Crippen molar-refractivity contribution in [2.45, 2.75) is 51.9 Å². The third kappa shape index (κ3) is 3.85. The van der Waals surface area contributed by atoms with Crippen LogP contribution in [0.15, 0.2) is 0 Å². The molecule has 0 aromatic heterocycles. The fraction of sp³-hybridized carbons (Fsp3) is 0.900. The minimum Gasteiger partial charge on any atom is -0.0894 e. The Morgan fingerprint density at radius 1 is 1.27 bits per heavy atom. The Morgan fingerprint density at radius 2 is 2.00 bits per heavy atom. The van der Waals surface area contributed by atoms with Gasteiger partial charge in [0.05, 0.1) is 0 Å². The molecule has 0 unspecified atom stereocenters. The van der Waals surface area contributed by atoms with Crippen LogP contribution >= 0.6 is 12.2 Å². The normalized spacial score (nSPS) is 16.8. The summed E-state index contributed by atoms with van der Waals surface area (Å²) in [4.78, 5) is 1.36. The fourth-order valence-corrected chi connectivity index (χ4v) is 1.72. The summed E-state index contributed by atoms with van der Waals surface area (Å²) in [6, 6.07) is 0. The molecule has 0 aromatic rings. The molecule has 0 N–H and O–H groups in total. The standard InChI is InChI=1S/C10H18S/c1-2-3-4-5-6-10(11)9-7-8-9/h9H,2-8H2,1H3. The lowest BCUT2D eigenvalue weighted by Gasteiger charge is -1.99. The molecule has 1 fully saturated rings. The van der Waals surface area contributed by atoms with Crippen molar-refractivity contribution in [3.05, 3.63) is 0 Å². The molecule has 0 aromatic carbocycles. The summed E-state index contributed by atoms with van der Waals surface area (Å²) in [6.45, 7) is 2.25. The average molecular weight is 170 g/mol. The molecule has 0 saturated heterocycles. The molecule has 0 atom stereocenters. The first-order valence-corrected chi connectivity index (χ1v) is 5.28. The van der Waals surface area contributed by atoms with Gasteiger partial charge in [0.25, 0.3) is 0 Å². The van der Waals surface area contributed by atoms with Gasteiger partial charge >= 0.3 is 0 Å². The zero-order chi connectivity index (χ0) is 8.10. The van der Waals surface area contributed by atoms with Gasteiger partial charge in [0.1, 0.15) is 0 Å². The summed E-state index contributed by atoms with van der Waals surface area (Å²) in [5, 5.41) is 0. The quantitative estimate of drug-likeness (QED) is 0.432. The molecule has 11 heavy (non-hydrogen) atoms. The Kier molecular flexibility index (Phi) is 4.06. The van der Waals surface area contributed by atoms with Gasteiger partial charge < -0.3 is 0 Å². The summed E-state index contributed by atoms with van der Waals surface area (Å²) in [5.41, 5.74) is 0. The van der Waals surface area contributed by atoms with E-state index in [1.165, 1.54) is 49.8 Å². The highest BCUT2D eigenvalue weighted by Gasteiger charge is 2.24. The first kappa shape index (κ1) is 9.18. The Balaban J connectivity index is 1.89. The van der Waals surface area contributed by atoms with Crippen LogP contribution in [-0.4, -0.2) is 4.86 Å². The Bertz CT molecular complexity index is 125. The van der Waals surface area contributed by atoms with Crippen LogP contribution < -0.4 is 0 Å². The maximum Gasteiger partial charge on any atom is -0.00406 e. The van der Waals surface area contributed by atoms with Crippen molar-refractivity contribution in [1.82, 2.24) is 0 Å². The van der Waals surface area contributed by atoms with Crippen LogP contribution in [-0.2, 0) is 0 Å². The maximum atomic E-state index is 5.29. The number of rotatable bonds is 6. The van der Waals surface area contributed by atoms with E-state index in [1.807, 2.05) is 0 Å². The zero-order valence-corrected chi connectivity index (χ0v) is 8.25. The van der Waals surface area contributed by atoms with E-state index in [4.69, 9.17) is 12.2 Å². The van der Waals surface area contributed by atoms with Gasteiger partial charge in [-0.05, 0) is 36.5 Å². The second kappa shape index (κ2) is 4.87. The lowest BCUT2D eigenvalue weighted by Crippen LogP contribution is -1.95. The van der Waals surface area contributed by atoms with Crippen molar-refractivity contribution < 1.29 is 0 Å². The van der Waals surface area contributed by atoms with E-state index in [-0.39, 0.29) is 0 Å². The topological polar surface area (TPSA) is 0 Å². The predicted octanol–water partition coefficient (Wildman–Crippen LogP) is 3.74. The van der Waals surface area contributed by atoms with Gasteiger partial charge in [-0.3, -0.25) is 0 Å². The molecule has 0 spiro atoms. The SMILES string of the molecule is CCCCCCC(=S)C1CC1. The van der Waals surface area contributed by atoms with Gasteiger partial charge in [-0.15, -0.1) is 0 Å². The Morgan fingerprint density at radius 3 is 2.55 bits per heavy atom. The molecule has 1 aliphatic carbocycles. The molecule has 0 aliphatic heterocycles. The van der Waals surface area contributed by atoms with Crippen LogP contribution in [0.4, 0.5) is 0 Å². The molecule has 1 rings (SSSR count). The lowest BCUT2D eigenvalue weighted by atomic mass is 10.1. The molecular weight excluding hydrogens is 152 g/mol. The molecule has 1 saturated carbocycles. The van der Waals surface area contributed by atoms with Crippen molar-refractivity contribution in [3.63, 3.8) is 0 Å². The Labute approximate surface area is 75.4 Å². The van der Waals surface area contributed by atoms with Crippen LogP contribution in [0.3, 0.4) is 0 Å². The molecule has 0 amide bonds. The molecule has 0 heterocycles. The van der Waals surface area contributed by atoms with Crippen LogP contribution in [0.1, 0.15) is 51.9 Å². The monoisotopic (exact) mass is 170 g/mol. The summed E-state index contributed by atoms with van der Waals surface area (Å²) in [7, 11) is 0. The molecule has 0 nitrogen and oxygen atoms in total. The molecule has 1 heteroatoms. The van der Waals surface area contributed by atoms with Gasteiger partial charge in [0, 0.05) is 0 Å².